The van der Waals surface area contributed by atoms with Crippen molar-refractivity contribution in [3.63, 3.8) is 0 Å². The summed E-state index contributed by atoms with van der Waals surface area (Å²) in [6, 6.07) is 10.5. The zero-order valence-corrected chi connectivity index (χ0v) is 9.54. The van der Waals surface area contributed by atoms with Crippen molar-refractivity contribution in [3.05, 3.63) is 35.9 Å². The van der Waals surface area contributed by atoms with Crippen LogP contribution < -0.4 is 5.73 Å². The van der Waals surface area contributed by atoms with Crippen molar-refractivity contribution in [2.45, 2.75) is 24.8 Å². The van der Waals surface area contributed by atoms with E-state index < -0.39 is 0 Å². The van der Waals surface area contributed by atoms with Crippen LogP contribution in [0.4, 0.5) is 0 Å². The molecule has 2 nitrogen and oxygen atoms in total. The normalized spacial score (nSPS) is 29.1. The van der Waals surface area contributed by atoms with Crippen LogP contribution in [0.15, 0.2) is 30.3 Å². The largest absolute Gasteiger partial charge is 0.394 e. The molecule has 0 unspecified atom stereocenters. The second-order valence-corrected chi connectivity index (χ2v) is 4.48. The number of hydrogen-bond acceptors (Lipinski definition) is 2. The fourth-order valence-electron chi connectivity index (χ4n) is 2.31. The Morgan fingerprint density at radius 3 is 2.40 bits per heavy atom. The first-order valence-corrected chi connectivity index (χ1v) is 5.15. The maximum Gasteiger partial charge on any atom is 0.0611 e. The predicted octanol–water partition coefficient (Wildman–Crippen LogP) is 1.75. The van der Waals surface area contributed by atoms with E-state index in [-0.39, 0.29) is 24.6 Å². The number of aliphatic hydroxyl groups is 1. The van der Waals surface area contributed by atoms with Gasteiger partial charge in [0.15, 0.2) is 0 Å². The highest BCUT2D eigenvalue weighted by atomic mass is 35.5. The molecule has 3 heteroatoms. The summed E-state index contributed by atoms with van der Waals surface area (Å²) in [4.78, 5) is 0. The molecular formula is C12H18ClNO. The minimum Gasteiger partial charge on any atom is -0.394 e. The second-order valence-electron chi connectivity index (χ2n) is 4.48. The summed E-state index contributed by atoms with van der Waals surface area (Å²) in [6.45, 7) is 0.123. The van der Waals surface area contributed by atoms with Crippen molar-refractivity contribution in [2.24, 2.45) is 11.7 Å². The van der Waals surface area contributed by atoms with Crippen molar-refractivity contribution >= 4 is 12.4 Å². The van der Waals surface area contributed by atoms with Gasteiger partial charge in [-0.1, -0.05) is 30.3 Å². The summed E-state index contributed by atoms with van der Waals surface area (Å²) in [5.74, 6) is 0.662. The van der Waals surface area contributed by atoms with E-state index in [2.05, 4.69) is 24.3 Å². The molecule has 1 aromatic rings. The first kappa shape index (κ1) is 12.5. The van der Waals surface area contributed by atoms with Gasteiger partial charge in [0, 0.05) is 5.54 Å². The van der Waals surface area contributed by atoms with Gasteiger partial charge in [-0.05, 0) is 30.7 Å². The van der Waals surface area contributed by atoms with E-state index in [1.165, 1.54) is 5.56 Å². The molecule has 0 bridgehead atoms. The smallest absolute Gasteiger partial charge is 0.0611 e. The number of halogens is 1. The lowest BCUT2D eigenvalue weighted by Crippen LogP contribution is -2.55. The molecule has 2 rings (SSSR count). The van der Waals surface area contributed by atoms with Crippen LogP contribution in [0.25, 0.3) is 0 Å². The lowest BCUT2D eigenvalue weighted by atomic mass is 9.67. The molecule has 1 aromatic carbocycles. The van der Waals surface area contributed by atoms with Gasteiger partial charge in [-0.25, -0.2) is 0 Å². The van der Waals surface area contributed by atoms with Crippen molar-refractivity contribution in [1.82, 2.24) is 0 Å². The van der Waals surface area contributed by atoms with E-state index in [1.54, 1.807) is 0 Å². The van der Waals surface area contributed by atoms with Crippen molar-refractivity contribution in [1.29, 1.82) is 0 Å². The maximum absolute atomic E-state index is 9.00. The van der Waals surface area contributed by atoms with E-state index in [0.717, 1.165) is 19.3 Å². The van der Waals surface area contributed by atoms with Gasteiger partial charge < -0.3 is 10.8 Å². The highest BCUT2D eigenvalue weighted by Crippen LogP contribution is 2.37. The van der Waals surface area contributed by atoms with Crippen LogP contribution in [0.2, 0.25) is 0 Å². The lowest BCUT2D eigenvalue weighted by molar-refractivity contribution is 0.0731. The Morgan fingerprint density at radius 1 is 1.27 bits per heavy atom. The molecule has 0 heterocycles. The molecule has 1 saturated carbocycles. The average molecular weight is 228 g/mol. The molecule has 0 aromatic heterocycles. The van der Waals surface area contributed by atoms with Crippen LogP contribution in [0, 0.1) is 5.92 Å². The second kappa shape index (κ2) is 4.97. The molecule has 3 N–H and O–H groups in total. The molecule has 0 amide bonds. The van der Waals surface area contributed by atoms with E-state index in [9.17, 15) is 0 Å². The van der Waals surface area contributed by atoms with Crippen LogP contribution in [-0.2, 0) is 6.42 Å². The zero-order valence-electron chi connectivity index (χ0n) is 8.73. The minimum atomic E-state index is -0.278. The fraction of sp³-hybridized carbons (Fsp3) is 0.500. The van der Waals surface area contributed by atoms with Gasteiger partial charge in [0.05, 0.1) is 6.61 Å². The Balaban J connectivity index is 0.00000112. The Bertz CT molecular complexity index is 296. The topological polar surface area (TPSA) is 46.2 Å². The van der Waals surface area contributed by atoms with Gasteiger partial charge in [0.25, 0.3) is 0 Å². The number of benzene rings is 1. The van der Waals surface area contributed by atoms with Gasteiger partial charge in [-0.2, -0.15) is 0 Å². The van der Waals surface area contributed by atoms with Crippen LogP contribution in [0.5, 0.6) is 0 Å². The minimum absolute atomic E-state index is 0. The molecule has 1 aliphatic rings. The molecule has 0 aliphatic heterocycles. The SMILES string of the molecule is Cl.NC1(CO)CC(Cc2ccccc2)C1. The summed E-state index contributed by atoms with van der Waals surface area (Å²) in [5, 5.41) is 9.00. The van der Waals surface area contributed by atoms with E-state index in [4.69, 9.17) is 10.8 Å². The molecular weight excluding hydrogens is 210 g/mol. The third-order valence-corrected chi connectivity index (χ3v) is 3.07. The Morgan fingerprint density at radius 2 is 1.87 bits per heavy atom. The van der Waals surface area contributed by atoms with Crippen LogP contribution in [0.3, 0.4) is 0 Å². The molecule has 0 saturated heterocycles. The van der Waals surface area contributed by atoms with E-state index in [1.807, 2.05) is 6.07 Å². The van der Waals surface area contributed by atoms with Crippen LogP contribution >= 0.6 is 12.4 Å². The average Bonchev–Trinajstić information content (AvgIpc) is 2.17. The summed E-state index contributed by atoms with van der Waals surface area (Å²) >= 11 is 0. The lowest BCUT2D eigenvalue weighted by Gasteiger charge is -2.43. The number of nitrogens with two attached hydrogens (primary N) is 1. The molecule has 1 aliphatic carbocycles. The summed E-state index contributed by atoms with van der Waals surface area (Å²) in [7, 11) is 0. The summed E-state index contributed by atoms with van der Waals surface area (Å²) in [6.07, 6.45) is 3.01. The molecule has 15 heavy (non-hydrogen) atoms. The number of aliphatic hydroxyl groups excluding tert-OH is 1. The number of hydrogen-bond donors (Lipinski definition) is 2. The molecule has 0 atom stereocenters. The van der Waals surface area contributed by atoms with Gasteiger partial charge in [0.2, 0.25) is 0 Å². The molecule has 1 fully saturated rings. The Hall–Kier alpha value is -0.570. The zero-order chi connectivity index (χ0) is 10.0. The van der Waals surface area contributed by atoms with Crippen molar-refractivity contribution in [2.75, 3.05) is 6.61 Å². The highest BCUT2D eigenvalue weighted by Gasteiger charge is 2.39. The van der Waals surface area contributed by atoms with Gasteiger partial charge >= 0.3 is 0 Å². The van der Waals surface area contributed by atoms with E-state index >= 15 is 0 Å². The first-order chi connectivity index (χ1) is 6.72. The highest BCUT2D eigenvalue weighted by molar-refractivity contribution is 5.85. The maximum atomic E-state index is 9.00. The fourth-order valence-corrected chi connectivity index (χ4v) is 2.31. The molecule has 0 radical (unpaired) electrons. The third-order valence-electron chi connectivity index (χ3n) is 3.07. The third kappa shape index (κ3) is 2.94. The molecule has 0 spiro atoms. The van der Waals surface area contributed by atoms with Crippen LogP contribution in [-0.4, -0.2) is 17.3 Å². The summed E-state index contributed by atoms with van der Waals surface area (Å²) < 4.78 is 0. The van der Waals surface area contributed by atoms with Crippen molar-refractivity contribution in [3.8, 4) is 0 Å². The van der Waals surface area contributed by atoms with Gasteiger partial charge in [-0.3, -0.25) is 0 Å². The first-order valence-electron chi connectivity index (χ1n) is 5.15. The monoisotopic (exact) mass is 227 g/mol. The predicted molar refractivity (Wildman–Crippen MR) is 64.1 cm³/mol. The van der Waals surface area contributed by atoms with Crippen molar-refractivity contribution < 1.29 is 5.11 Å². The number of rotatable bonds is 3. The van der Waals surface area contributed by atoms with Gasteiger partial charge in [0.1, 0.15) is 0 Å². The van der Waals surface area contributed by atoms with Crippen LogP contribution in [0.1, 0.15) is 18.4 Å². The van der Waals surface area contributed by atoms with Gasteiger partial charge in [-0.15, -0.1) is 12.4 Å². The van der Waals surface area contributed by atoms with E-state index in [0.29, 0.717) is 5.92 Å². The summed E-state index contributed by atoms with van der Waals surface area (Å²) in [5.41, 5.74) is 6.99. The quantitative estimate of drug-likeness (QED) is 0.827. The standard InChI is InChI=1S/C12H17NO.ClH/c13-12(9-14)7-11(8-12)6-10-4-2-1-3-5-10;/h1-5,11,14H,6-9,13H2;1H. The Kier molecular flexibility index (Phi) is 4.14. The molecule has 84 valence electrons. The Labute approximate surface area is 96.9 Å².